The number of sulfonamides is 1. The summed E-state index contributed by atoms with van der Waals surface area (Å²) >= 11 is 0. The van der Waals surface area contributed by atoms with Crippen LogP contribution in [0.5, 0.6) is 0 Å². The number of halogens is 1. The molecule has 0 aromatic heterocycles. The van der Waals surface area contributed by atoms with Crippen molar-refractivity contribution < 1.29 is 21.2 Å². The Kier molecular flexibility index (Phi) is 5.42. The number of hydrogen-bond acceptors (Lipinski definition) is 4. The van der Waals surface area contributed by atoms with E-state index in [1.807, 2.05) is 13.8 Å². The van der Waals surface area contributed by atoms with Gasteiger partial charge in [-0.1, -0.05) is 6.07 Å². The number of nitrogens with zero attached hydrogens (tertiary/aromatic N) is 1. The second-order valence-corrected chi connectivity index (χ2v) is 11.0. The van der Waals surface area contributed by atoms with Crippen LogP contribution in [0.4, 0.5) is 4.39 Å². The molecular weight excluding hydrogens is 389 g/mol. The maximum Gasteiger partial charge on any atom is 0.243 e. The zero-order chi connectivity index (χ0) is 19.8. The van der Waals surface area contributed by atoms with Gasteiger partial charge in [-0.2, -0.15) is 4.31 Å². The Bertz CT molecular complexity index is 1040. The fraction of sp³-hybridized carbons (Fsp3) is 0.368. The molecule has 0 N–H and O–H groups in total. The Balaban J connectivity index is 1.76. The van der Waals surface area contributed by atoms with Gasteiger partial charge in [0.05, 0.1) is 15.0 Å². The van der Waals surface area contributed by atoms with E-state index in [0.717, 1.165) is 23.3 Å². The normalized spacial score (nSPS) is 17.1. The summed E-state index contributed by atoms with van der Waals surface area (Å²) in [5, 5.41) is -0.672. The van der Waals surface area contributed by atoms with Gasteiger partial charge in [-0.15, -0.1) is 0 Å². The molecule has 0 saturated carbocycles. The maximum atomic E-state index is 13.0. The van der Waals surface area contributed by atoms with E-state index in [0.29, 0.717) is 0 Å². The number of aryl methyl sites for hydroxylation is 2. The summed E-state index contributed by atoms with van der Waals surface area (Å²) < 4.78 is 65.5. The molecule has 0 aliphatic carbocycles. The van der Waals surface area contributed by atoms with Gasteiger partial charge in [-0.3, -0.25) is 0 Å². The summed E-state index contributed by atoms with van der Waals surface area (Å²) in [6, 6.07) is 9.74. The summed E-state index contributed by atoms with van der Waals surface area (Å²) in [6.45, 7) is 4.05. The summed E-state index contributed by atoms with van der Waals surface area (Å²) in [5.74, 6) is -0.497. The minimum atomic E-state index is -3.65. The van der Waals surface area contributed by atoms with Crippen molar-refractivity contribution in [3.8, 4) is 0 Å². The van der Waals surface area contributed by atoms with Crippen LogP contribution in [0.2, 0.25) is 0 Å². The van der Waals surface area contributed by atoms with Crippen molar-refractivity contribution in [2.24, 2.45) is 0 Å². The van der Waals surface area contributed by atoms with Crippen LogP contribution in [-0.2, 0) is 19.9 Å². The Morgan fingerprint density at radius 2 is 1.41 bits per heavy atom. The molecule has 1 saturated heterocycles. The maximum absolute atomic E-state index is 13.0. The molecule has 146 valence electrons. The van der Waals surface area contributed by atoms with Gasteiger partial charge in [0.15, 0.2) is 9.84 Å². The quantitative estimate of drug-likeness (QED) is 0.725. The number of piperidine rings is 1. The first-order valence-corrected chi connectivity index (χ1v) is 11.7. The minimum Gasteiger partial charge on any atom is -0.223 e. The van der Waals surface area contributed by atoms with Crippen LogP contribution < -0.4 is 0 Å². The van der Waals surface area contributed by atoms with Gasteiger partial charge in [-0.25, -0.2) is 21.2 Å². The van der Waals surface area contributed by atoms with Crippen molar-refractivity contribution in [1.29, 1.82) is 0 Å². The second-order valence-electron chi connectivity index (χ2n) is 6.85. The van der Waals surface area contributed by atoms with E-state index in [-0.39, 0.29) is 35.7 Å². The highest BCUT2D eigenvalue weighted by atomic mass is 32.2. The van der Waals surface area contributed by atoms with E-state index in [1.165, 1.54) is 16.4 Å². The molecule has 0 atom stereocenters. The van der Waals surface area contributed by atoms with Gasteiger partial charge in [-0.05, 0) is 74.2 Å². The highest BCUT2D eigenvalue weighted by Crippen LogP contribution is 2.28. The average Bonchev–Trinajstić information content (AvgIpc) is 2.64. The largest absolute Gasteiger partial charge is 0.243 e. The van der Waals surface area contributed by atoms with Gasteiger partial charge in [0.25, 0.3) is 0 Å². The lowest BCUT2D eigenvalue weighted by Gasteiger charge is -2.31. The van der Waals surface area contributed by atoms with Crippen LogP contribution in [0.15, 0.2) is 52.3 Å². The zero-order valence-electron chi connectivity index (χ0n) is 15.2. The lowest BCUT2D eigenvalue weighted by Crippen LogP contribution is -2.42. The Morgan fingerprint density at radius 1 is 0.852 bits per heavy atom. The van der Waals surface area contributed by atoms with Gasteiger partial charge in [0.1, 0.15) is 5.82 Å². The molecule has 27 heavy (non-hydrogen) atoms. The monoisotopic (exact) mass is 411 g/mol. The van der Waals surface area contributed by atoms with Crippen molar-refractivity contribution in [2.45, 2.75) is 41.7 Å². The molecule has 1 heterocycles. The van der Waals surface area contributed by atoms with Crippen LogP contribution in [0.25, 0.3) is 0 Å². The molecule has 2 aromatic rings. The van der Waals surface area contributed by atoms with Gasteiger partial charge >= 0.3 is 0 Å². The zero-order valence-corrected chi connectivity index (χ0v) is 16.9. The molecule has 8 heteroatoms. The average molecular weight is 412 g/mol. The number of hydrogen-bond donors (Lipinski definition) is 0. The molecule has 0 bridgehead atoms. The molecule has 0 spiro atoms. The Hall–Kier alpha value is -1.77. The van der Waals surface area contributed by atoms with Crippen LogP contribution >= 0.6 is 0 Å². The van der Waals surface area contributed by atoms with Crippen molar-refractivity contribution in [2.75, 3.05) is 13.1 Å². The summed E-state index contributed by atoms with van der Waals surface area (Å²) in [4.78, 5) is 0.296. The van der Waals surface area contributed by atoms with Crippen LogP contribution in [0, 0.1) is 19.7 Å². The number of sulfone groups is 1. The van der Waals surface area contributed by atoms with E-state index >= 15 is 0 Å². The van der Waals surface area contributed by atoms with E-state index in [2.05, 4.69) is 0 Å². The molecule has 2 aromatic carbocycles. The third-order valence-corrected chi connectivity index (χ3v) is 9.27. The molecule has 1 fully saturated rings. The molecule has 0 unspecified atom stereocenters. The van der Waals surface area contributed by atoms with E-state index in [9.17, 15) is 21.2 Å². The number of benzene rings is 2. The molecule has 0 radical (unpaired) electrons. The van der Waals surface area contributed by atoms with Crippen LogP contribution in [0.1, 0.15) is 24.0 Å². The van der Waals surface area contributed by atoms with Crippen LogP contribution in [-0.4, -0.2) is 39.5 Å². The minimum absolute atomic E-state index is 0.0689. The first kappa shape index (κ1) is 20.0. The smallest absolute Gasteiger partial charge is 0.223 e. The number of rotatable bonds is 4. The van der Waals surface area contributed by atoms with Crippen LogP contribution in [0.3, 0.4) is 0 Å². The van der Waals surface area contributed by atoms with Crippen molar-refractivity contribution in [3.05, 3.63) is 59.4 Å². The lowest BCUT2D eigenvalue weighted by atomic mass is 10.1. The van der Waals surface area contributed by atoms with E-state index in [1.54, 1.807) is 18.2 Å². The van der Waals surface area contributed by atoms with E-state index < -0.39 is 30.9 Å². The molecule has 1 aliphatic rings. The van der Waals surface area contributed by atoms with Gasteiger partial charge in [0.2, 0.25) is 10.0 Å². The van der Waals surface area contributed by atoms with Gasteiger partial charge in [0, 0.05) is 13.1 Å². The predicted molar refractivity (Wildman–Crippen MR) is 101 cm³/mol. The Labute approximate surface area is 159 Å². The summed E-state index contributed by atoms with van der Waals surface area (Å²) in [6.07, 6.45) is 0.424. The molecule has 3 rings (SSSR count). The fourth-order valence-electron chi connectivity index (χ4n) is 3.22. The lowest BCUT2D eigenvalue weighted by molar-refractivity contribution is 0.345. The SMILES string of the molecule is Cc1ccc(S(=O)(=O)N2CCC(S(=O)(=O)c3ccc(F)cc3)CC2)cc1C. The highest BCUT2D eigenvalue weighted by Gasteiger charge is 2.35. The highest BCUT2D eigenvalue weighted by molar-refractivity contribution is 7.92. The molecule has 1 aliphatic heterocycles. The first-order valence-electron chi connectivity index (χ1n) is 8.69. The second kappa shape index (κ2) is 7.33. The Morgan fingerprint density at radius 3 is 1.96 bits per heavy atom. The molecule has 5 nitrogen and oxygen atoms in total. The van der Waals surface area contributed by atoms with Crippen molar-refractivity contribution >= 4 is 19.9 Å². The third-order valence-electron chi connectivity index (χ3n) is 5.10. The summed E-state index contributed by atoms with van der Waals surface area (Å²) in [7, 11) is -7.26. The standard InChI is InChI=1S/C19H22FNO4S2/c1-14-3-6-19(13-15(14)2)27(24,25)21-11-9-18(10-12-21)26(22,23)17-7-4-16(20)5-8-17/h3-8,13,18H,9-12H2,1-2H3. The third kappa shape index (κ3) is 3.93. The van der Waals surface area contributed by atoms with Crippen molar-refractivity contribution in [3.63, 3.8) is 0 Å². The fourth-order valence-corrected chi connectivity index (χ4v) is 6.51. The van der Waals surface area contributed by atoms with E-state index in [4.69, 9.17) is 0 Å². The van der Waals surface area contributed by atoms with Crippen molar-refractivity contribution in [1.82, 2.24) is 4.31 Å². The topological polar surface area (TPSA) is 71.5 Å². The molecule has 0 amide bonds. The predicted octanol–water partition coefficient (Wildman–Crippen LogP) is 3.07. The first-order chi connectivity index (χ1) is 12.6. The summed E-state index contributed by atoms with van der Waals surface area (Å²) in [5.41, 5.74) is 1.91. The van der Waals surface area contributed by atoms with Gasteiger partial charge < -0.3 is 0 Å². The molecular formula is C19H22FNO4S2.